The smallest absolute Gasteiger partial charge is 0.306 e. The molecule has 0 unspecified atom stereocenters. The van der Waals surface area contributed by atoms with Crippen LogP contribution in [-0.4, -0.2) is 18.5 Å². The second-order valence-corrected chi connectivity index (χ2v) is 3.15. The molecule has 0 amide bonds. The van der Waals surface area contributed by atoms with Gasteiger partial charge in [-0.2, -0.15) is 0 Å². The molecule has 14 heavy (non-hydrogen) atoms. The highest BCUT2D eigenvalue weighted by molar-refractivity contribution is 5.75. The van der Waals surface area contributed by atoms with Gasteiger partial charge >= 0.3 is 5.97 Å². The van der Waals surface area contributed by atoms with Gasteiger partial charge in [0.05, 0.1) is 13.0 Å². The van der Waals surface area contributed by atoms with Crippen LogP contribution in [-0.2, 0) is 14.3 Å². The summed E-state index contributed by atoms with van der Waals surface area (Å²) in [6.07, 6.45) is 3.83. The molecule has 0 aromatic heterocycles. The Bertz CT molecular complexity index is 177. The summed E-state index contributed by atoms with van der Waals surface area (Å²) in [6, 6.07) is 0. The number of esters is 1. The number of rotatable bonds is 8. The number of aliphatic carboxylic acids is 1. The number of carbonyl (C=O) groups is 2. The summed E-state index contributed by atoms with van der Waals surface area (Å²) in [7, 11) is 0. The monoisotopic (exact) mass is 201 g/mol. The zero-order valence-corrected chi connectivity index (χ0v) is 8.58. The second-order valence-electron chi connectivity index (χ2n) is 3.15. The lowest BCUT2D eigenvalue weighted by atomic mass is 10.2. The Hall–Kier alpha value is -1.06. The third kappa shape index (κ3) is 9.03. The molecule has 0 rings (SSSR count). The second kappa shape index (κ2) is 8.53. The van der Waals surface area contributed by atoms with E-state index in [4.69, 9.17) is 4.74 Å². The first-order valence-electron chi connectivity index (χ1n) is 5.02. The molecule has 0 aromatic rings. The van der Waals surface area contributed by atoms with Gasteiger partial charge in [0, 0.05) is 5.97 Å². The van der Waals surface area contributed by atoms with Crippen molar-refractivity contribution in [2.45, 2.75) is 45.4 Å². The molecule has 0 radical (unpaired) electrons. The molecule has 0 atom stereocenters. The number of hydrogen-bond donors (Lipinski definition) is 0. The summed E-state index contributed by atoms with van der Waals surface area (Å²) in [4.78, 5) is 20.9. The van der Waals surface area contributed by atoms with E-state index in [9.17, 15) is 14.7 Å². The van der Waals surface area contributed by atoms with Crippen LogP contribution in [0.25, 0.3) is 0 Å². The quantitative estimate of drug-likeness (QED) is 0.427. The molecule has 4 heteroatoms. The molecule has 0 N–H and O–H groups in total. The van der Waals surface area contributed by atoms with Gasteiger partial charge in [0.25, 0.3) is 0 Å². The van der Waals surface area contributed by atoms with E-state index in [-0.39, 0.29) is 12.8 Å². The molecular formula is C10H17O4-. The number of ether oxygens (including phenoxy) is 1. The fourth-order valence-corrected chi connectivity index (χ4v) is 0.991. The van der Waals surface area contributed by atoms with Crippen LogP contribution in [0.5, 0.6) is 0 Å². The van der Waals surface area contributed by atoms with Crippen molar-refractivity contribution in [3.8, 4) is 0 Å². The van der Waals surface area contributed by atoms with Crippen LogP contribution in [0.3, 0.4) is 0 Å². The number of carboxylic acids is 1. The maximum atomic E-state index is 10.9. The van der Waals surface area contributed by atoms with Crippen molar-refractivity contribution in [3.63, 3.8) is 0 Å². The molecule has 0 heterocycles. The summed E-state index contributed by atoms with van der Waals surface area (Å²) in [6.45, 7) is 2.50. The minimum atomic E-state index is -1.21. The zero-order chi connectivity index (χ0) is 10.8. The largest absolute Gasteiger partial charge is 0.550 e. The van der Waals surface area contributed by atoms with E-state index in [1.54, 1.807) is 0 Å². The number of hydrogen-bond acceptors (Lipinski definition) is 4. The van der Waals surface area contributed by atoms with Gasteiger partial charge in [-0.1, -0.05) is 26.2 Å². The van der Waals surface area contributed by atoms with E-state index >= 15 is 0 Å². The van der Waals surface area contributed by atoms with Gasteiger partial charge in [-0.3, -0.25) is 4.79 Å². The van der Waals surface area contributed by atoms with Gasteiger partial charge in [0.2, 0.25) is 0 Å². The third-order valence-electron chi connectivity index (χ3n) is 1.79. The van der Waals surface area contributed by atoms with Crippen molar-refractivity contribution in [2.75, 3.05) is 6.61 Å². The Morgan fingerprint density at radius 3 is 2.43 bits per heavy atom. The maximum absolute atomic E-state index is 10.9. The van der Waals surface area contributed by atoms with Gasteiger partial charge < -0.3 is 14.6 Å². The molecule has 0 aliphatic heterocycles. The number of carboxylic acid groups (broad SMARTS) is 1. The van der Waals surface area contributed by atoms with Crippen molar-refractivity contribution in [2.24, 2.45) is 0 Å². The number of carbonyl (C=O) groups excluding carboxylic acids is 2. The molecule has 0 saturated heterocycles. The van der Waals surface area contributed by atoms with Crippen LogP contribution in [0.2, 0.25) is 0 Å². The minimum absolute atomic E-state index is 0.0872. The predicted octanol–water partition coefficient (Wildman–Crippen LogP) is 0.640. The van der Waals surface area contributed by atoms with E-state index in [1.807, 2.05) is 0 Å². The molecule has 82 valence electrons. The van der Waals surface area contributed by atoms with E-state index in [1.165, 1.54) is 0 Å². The van der Waals surface area contributed by atoms with Crippen molar-refractivity contribution in [1.29, 1.82) is 0 Å². The lowest BCUT2D eigenvalue weighted by Crippen LogP contribution is -2.23. The molecule has 4 nitrogen and oxygen atoms in total. The summed E-state index contributed by atoms with van der Waals surface area (Å²) in [5.74, 6) is -1.67. The van der Waals surface area contributed by atoms with Crippen molar-refractivity contribution in [1.82, 2.24) is 0 Å². The summed E-state index contributed by atoms with van der Waals surface area (Å²) >= 11 is 0. The van der Waals surface area contributed by atoms with Gasteiger partial charge in [0.1, 0.15) is 0 Å². The Balaban J connectivity index is 3.22. The van der Waals surface area contributed by atoms with E-state index in [0.29, 0.717) is 6.61 Å². The van der Waals surface area contributed by atoms with Gasteiger partial charge in [-0.05, 0) is 12.8 Å². The average Bonchev–Trinajstić information content (AvgIpc) is 2.14. The molecule has 0 aliphatic carbocycles. The molecule has 0 aromatic carbocycles. The highest BCUT2D eigenvalue weighted by atomic mass is 16.5. The first-order valence-corrected chi connectivity index (χ1v) is 5.02. The standard InChI is InChI=1S/C10H18O4/c1-2-3-4-5-8-14-10(13)7-6-9(11)12/h2-8H2,1H3,(H,11,12)/p-1. The van der Waals surface area contributed by atoms with E-state index in [0.717, 1.165) is 25.7 Å². The highest BCUT2D eigenvalue weighted by Gasteiger charge is 2.01. The van der Waals surface area contributed by atoms with Crippen molar-refractivity contribution >= 4 is 11.9 Å². The first-order chi connectivity index (χ1) is 6.66. The Kier molecular flexibility index (Phi) is 7.89. The van der Waals surface area contributed by atoms with Crippen LogP contribution < -0.4 is 5.11 Å². The van der Waals surface area contributed by atoms with Crippen LogP contribution >= 0.6 is 0 Å². The fraction of sp³-hybridized carbons (Fsp3) is 0.800. The van der Waals surface area contributed by atoms with Gasteiger partial charge in [-0.15, -0.1) is 0 Å². The minimum Gasteiger partial charge on any atom is -0.550 e. The van der Waals surface area contributed by atoms with E-state index < -0.39 is 11.9 Å². The third-order valence-corrected chi connectivity index (χ3v) is 1.79. The fourth-order valence-electron chi connectivity index (χ4n) is 0.991. The predicted molar refractivity (Wildman–Crippen MR) is 49.3 cm³/mol. The number of unbranched alkanes of at least 4 members (excludes halogenated alkanes) is 3. The molecule has 0 fully saturated rings. The Labute approximate surface area is 84.3 Å². The van der Waals surface area contributed by atoms with Gasteiger partial charge in [0.15, 0.2) is 0 Å². The first kappa shape index (κ1) is 12.9. The SMILES string of the molecule is CCCCCCOC(=O)CCC(=O)[O-]. The van der Waals surface area contributed by atoms with Crippen LogP contribution in [0.1, 0.15) is 45.4 Å². The average molecular weight is 201 g/mol. The summed E-state index contributed by atoms with van der Waals surface area (Å²) < 4.78 is 4.81. The topological polar surface area (TPSA) is 66.4 Å². The lowest BCUT2D eigenvalue weighted by molar-refractivity contribution is -0.305. The lowest BCUT2D eigenvalue weighted by Gasteiger charge is -2.04. The molecular weight excluding hydrogens is 184 g/mol. The molecule has 0 bridgehead atoms. The molecule has 0 aliphatic rings. The zero-order valence-electron chi connectivity index (χ0n) is 8.58. The highest BCUT2D eigenvalue weighted by Crippen LogP contribution is 2.00. The van der Waals surface area contributed by atoms with Crippen LogP contribution in [0, 0.1) is 0 Å². The summed E-state index contributed by atoms with van der Waals surface area (Å²) in [5, 5.41) is 10.0. The molecule has 0 spiro atoms. The van der Waals surface area contributed by atoms with Crippen LogP contribution in [0.4, 0.5) is 0 Å². The van der Waals surface area contributed by atoms with Gasteiger partial charge in [-0.25, -0.2) is 0 Å². The Morgan fingerprint density at radius 1 is 1.14 bits per heavy atom. The van der Waals surface area contributed by atoms with Crippen molar-refractivity contribution < 1.29 is 19.4 Å². The van der Waals surface area contributed by atoms with E-state index in [2.05, 4.69) is 6.92 Å². The normalized spacial score (nSPS) is 9.79. The maximum Gasteiger partial charge on any atom is 0.306 e. The molecule has 0 saturated carbocycles. The Morgan fingerprint density at radius 2 is 1.86 bits per heavy atom. The van der Waals surface area contributed by atoms with Crippen molar-refractivity contribution in [3.05, 3.63) is 0 Å². The summed E-state index contributed by atoms with van der Waals surface area (Å²) in [5.41, 5.74) is 0. The van der Waals surface area contributed by atoms with Crippen LogP contribution in [0.15, 0.2) is 0 Å².